The first-order chi connectivity index (χ1) is 23.8. The summed E-state index contributed by atoms with van der Waals surface area (Å²) in [5.74, 6) is 0. The minimum Gasteiger partial charge on any atom is -0.451 e. The van der Waals surface area contributed by atoms with Crippen LogP contribution in [0.2, 0.25) is 0 Å². The second kappa shape index (κ2) is 11.6. The lowest BCUT2D eigenvalue weighted by Gasteiger charge is -2.19. The zero-order chi connectivity index (χ0) is 31.9. The second-order valence-electron chi connectivity index (χ2n) is 11.6. The van der Waals surface area contributed by atoms with Crippen molar-refractivity contribution in [1.29, 1.82) is 0 Å². The van der Waals surface area contributed by atoms with Crippen LogP contribution < -0.4 is 0 Å². The molecule has 0 atom stereocenters. The highest BCUT2D eigenvalue weighted by atomic mass is 16.3. The van der Waals surface area contributed by atoms with Gasteiger partial charge in [-0.3, -0.25) is 9.97 Å². The molecule has 0 bridgehead atoms. The van der Waals surface area contributed by atoms with E-state index in [9.17, 15) is 0 Å². The molecule has 0 N–H and O–H groups in total. The average molecular weight is 619 g/mol. The van der Waals surface area contributed by atoms with Crippen molar-refractivity contribution >= 4 is 21.5 Å². The molecule has 0 radical (unpaired) electrons. The maximum atomic E-state index is 5.30. The van der Waals surface area contributed by atoms with E-state index in [0.29, 0.717) is 11.4 Å². The summed E-state index contributed by atoms with van der Waals surface area (Å²) < 4.78 is 10.6. The standard InChI is InChI=1S/C42H26N4O2/c1-2-8-27(9-3-1)31-10-4-5-11-32(31)28-14-15-35-36(20-28)42(30-17-19-44-38(22-30)40-24-48-26-46-40)34-13-7-6-12-33(34)41(35)29-16-18-43-37(21-29)39-23-47-25-45-39/h1-26H. The normalized spacial score (nSPS) is 11.3. The van der Waals surface area contributed by atoms with E-state index in [1.54, 1.807) is 12.5 Å². The smallest absolute Gasteiger partial charge is 0.181 e. The predicted molar refractivity (Wildman–Crippen MR) is 190 cm³/mol. The summed E-state index contributed by atoms with van der Waals surface area (Å²) in [5.41, 5.74) is 11.9. The summed E-state index contributed by atoms with van der Waals surface area (Å²) in [6.07, 6.45) is 9.79. The van der Waals surface area contributed by atoms with Gasteiger partial charge in [-0.1, -0.05) is 91.0 Å². The molecule has 5 aromatic carbocycles. The fourth-order valence-corrected chi connectivity index (χ4v) is 6.70. The Morgan fingerprint density at radius 1 is 0.354 bits per heavy atom. The van der Waals surface area contributed by atoms with E-state index in [1.165, 1.54) is 29.5 Å². The van der Waals surface area contributed by atoms with Gasteiger partial charge in [0.15, 0.2) is 12.8 Å². The summed E-state index contributed by atoms with van der Waals surface area (Å²) in [6, 6.07) is 42.9. The van der Waals surface area contributed by atoms with Crippen molar-refractivity contribution in [3.05, 3.63) is 159 Å². The third kappa shape index (κ3) is 4.75. The Morgan fingerprint density at radius 3 is 1.46 bits per heavy atom. The van der Waals surface area contributed by atoms with E-state index >= 15 is 0 Å². The predicted octanol–water partition coefficient (Wildman–Crippen LogP) is 10.8. The zero-order valence-corrected chi connectivity index (χ0v) is 25.6. The highest BCUT2D eigenvalue weighted by Gasteiger charge is 2.20. The van der Waals surface area contributed by atoms with Gasteiger partial charge in [-0.05, 0) is 96.4 Å². The first kappa shape index (κ1) is 27.6. The van der Waals surface area contributed by atoms with Crippen LogP contribution in [0.25, 0.3) is 88.8 Å². The van der Waals surface area contributed by atoms with Crippen molar-refractivity contribution < 1.29 is 8.83 Å². The molecule has 0 saturated carbocycles. The molecule has 0 saturated heterocycles. The van der Waals surface area contributed by atoms with Crippen molar-refractivity contribution in [1.82, 2.24) is 19.9 Å². The second-order valence-corrected chi connectivity index (χ2v) is 11.6. The number of benzene rings is 5. The summed E-state index contributed by atoms with van der Waals surface area (Å²) >= 11 is 0. The summed E-state index contributed by atoms with van der Waals surface area (Å²) in [4.78, 5) is 18.0. The highest BCUT2D eigenvalue weighted by molar-refractivity contribution is 6.22. The number of pyridine rings is 2. The van der Waals surface area contributed by atoms with Crippen LogP contribution in [0, 0.1) is 0 Å². The Bertz CT molecular complexity index is 2560. The van der Waals surface area contributed by atoms with E-state index in [2.05, 4.69) is 141 Å². The van der Waals surface area contributed by atoms with Crippen LogP contribution >= 0.6 is 0 Å². The molecule has 0 amide bonds. The molecule has 6 heteroatoms. The Labute approximate surface area is 276 Å². The van der Waals surface area contributed by atoms with Gasteiger partial charge in [-0.15, -0.1) is 0 Å². The van der Waals surface area contributed by atoms with Crippen LogP contribution in [0.4, 0.5) is 0 Å². The molecule has 9 rings (SSSR count). The molecule has 4 aromatic heterocycles. The molecule has 0 fully saturated rings. The molecule has 0 aliphatic heterocycles. The van der Waals surface area contributed by atoms with Crippen LogP contribution in [0.1, 0.15) is 0 Å². The van der Waals surface area contributed by atoms with Gasteiger partial charge in [0.2, 0.25) is 0 Å². The number of rotatable bonds is 6. The van der Waals surface area contributed by atoms with Crippen LogP contribution in [-0.2, 0) is 0 Å². The highest BCUT2D eigenvalue weighted by Crippen LogP contribution is 2.46. The van der Waals surface area contributed by atoms with Crippen LogP contribution in [-0.4, -0.2) is 19.9 Å². The van der Waals surface area contributed by atoms with Gasteiger partial charge in [-0.25, -0.2) is 9.97 Å². The Morgan fingerprint density at radius 2 is 0.875 bits per heavy atom. The average Bonchev–Trinajstić information content (AvgIpc) is 3.90. The van der Waals surface area contributed by atoms with Crippen LogP contribution in [0.15, 0.2) is 168 Å². The first-order valence-electron chi connectivity index (χ1n) is 15.6. The number of oxazole rings is 2. The number of aromatic nitrogens is 4. The third-order valence-electron chi connectivity index (χ3n) is 8.83. The number of nitrogens with zero attached hydrogens (tertiary/aromatic N) is 4. The molecule has 4 heterocycles. The van der Waals surface area contributed by atoms with E-state index in [0.717, 1.165) is 60.8 Å². The summed E-state index contributed by atoms with van der Waals surface area (Å²) in [6.45, 7) is 0. The van der Waals surface area contributed by atoms with Gasteiger partial charge in [0.05, 0.1) is 11.4 Å². The van der Waals surface area contributed by atoms with Crippen molar-refractivity contribution in [2.75, 3.05) is 0 Å². The van der Waals surface area contributed by atoms with Gasteiger partial charge < -0.3 is 8.83 Å². The molecular weight excluding hydrogens is 592 g/mol. The fourth-order valence-electron chi connectivity index (χ4n) is 6.70. The SMILES string of the molecule is c1ccc(-c2ccccc2-c2ccc3c(-c4ccnc(-c5cocn5)c4)c4ccccc4c(-c4ccnc(-c5cocn5)c4)c3c2)cc1. The molecule has 226 valence electrons. The Balaban J connectivity index is 1.36. The molecule has 0 aliphatic rings. The minimum atomic E-state index is 0.691. The van der Waals surface area contributed by atoms with Crippen molar-refractivity contribution in [3.63, 3.8) is 0 Å². The number of fused-ring (bicyclic) bond motifs is 2. The summed E-state index contributed by atoms with van der Waals surface area (Å²) in [7, 11) is 0. The molecular formula is C42H26N4O2. The molecule has 0 spiro atoms. The van der Waals surface area contributed by atoms with Crippen molar-refractivity contribution in [3.8, 4) is 67.3 Å². The monoisotopic (exact) mass is 618 g/mol. The molecule has 0 unspecified atom stereocenters. The van der Waals surface area contributed by atoms with Gasteiger partial charge in [0.1, 0.15) is 23.9 Å². The van der Waals surface area contributed by atoms with Crippen LogP contribution in [0.3, 0.4) is 0 Å². The largest absolute Gasteiger partial charge is 0.451 e. The van der Waals surface area contributed by atoms with Gasteiger partial charge in [-0.2, -0.15) is 0 Å². The van der Waals surface area contributed by atoms with E-state index in [-0.39, 0.29) is 0 Å². The Hall–Kier alpha value is -6.66. The molecule has 6 nitrogen and oxygen atoms in total. The molecule has 48 heavy (non-hydrogen) atoms. The topological polar surface area (TPSA) is 77.8 Å². The van der Waals surface area contributed by atoms with E-state index < -0.39 is 0 Å². The zero-order valence-electron chi connectivity index (χ0n) is 25.6. The van der Waals surface area contributed by atoms with Crippen molar-refractivity contribution in [2.24, 2.45) is 0 Å². The lowest BCUT2D eigenvalue weighted by molar-refractivity contribution is 0.558. The van der Waals surface area contributed by atoms with Crippen LogP contribution in [0.5, 0.6) is 0 Å². The Kier molecular flexibility index (Phi) is 6.68. The van der Waals surface area contributed by atoms with E-state index in [4.69, 9.17) is 8.83 Å². The first-order valence-corrected chi connectivity index (χ1v) is 15.6. The van der Waals surface area contributed by atoms with Gasteiger partial charge >= 0.3 is 0 Å². The fraction of sp³-hybridized carbons (Fsp3) is 0. The quantitative estimate of drug-likeness (QED) is 0.173. The van der Waals surface area contributed by atoms with Gasteiger partial charge in [0, 0.05) is 12.4 Å². The number of hydrogen-bond donors (Lipinski definition) is 0. The lowest BCUT2D eigenvalue weighted by Crippen LogP contribution is -1.94. The lowest BCUT2D eigenvalue weighted by atomic mass is 9.84. The summed E-state index contributed by atoms with van der Waals surface area (Å²) in [5, 5.41) is 4.52. The van der Waals surface area contributed by atoms with E-state index in [1.807, 2.05) is 12.4 Å². The molecule has 9 aromatic rings. The third-order valence-corrected chi connectivity index (χ3v) is 8.83. The maximum Gasteiger partial charge on any atom is 0.181 e. The molecule has 0 aliphatic carbocycles. The van der Waals surface area contributed by atoms with Crippen molar-refractivity contribution in [2.45, 2.75) is 0 Å². The maximum absolute atomic E-state index is 5.30. The minimum absolute atomic E-state index is 0.691. The van der Waals surface area contributed by atoms with Gasteiger partial charge in [0.25, 0.3) is 0 Å². The number of hydrogen-bond acceptors (Lipinski definition) is 6.